The van der Waals surface area contributed by atoms with E-state index in [1.807, 2.05) is 19.1 Å². The molecule has 2 N–H and O–H groups in total. The molecule has 0 radical (unpaired) electrons. The van der Waals surface area contributed by atoms with Crippen LogP contribution in [0.15, 0.2) is 48.8 Å². The van der Waals surface area contributed by atoms with Crippen LogP contribution in [0.5, 0.6) is 0 Å². The summed E-state index contributed by atoms with van der Waals surface area (Å²) in [6.45, 7) is 7.16. The summed E-state index contributed by atoms with van der Waals surface area (Å²) in [7, 11) is 1.63. The van der Waals surface area contributed by atoms with Gasteiger partial charge in [-0.05, 0) is 38.5 Å². The second-order valence-corrected chi connectivity index (χ2v) is 7.46. The van der Waals surface area contributed by atoms with Crippen molar-refractivity contribution in [2.24, 2.45) is 7.05 Å². The van der Waals surface area contributed by atoms with Crippen molar-refractivity contribution < 1.29 is 14.3 Å². The number of aromatic nitrogens is 5. The zero-order chi connectivity index (χ0) is 24.7. The number of rotatable bonds is 8. The SMILES string of the molecule is C=C(C#N)CCC(=O)Nc1ccc(-c2nnn(C)c2NC(=O)O[C@H](C)c2cccnc2C)nc1. The van der Waals surface area contributed by atoms with E-state index in [9.17, 15) is 9.59 Å². The molecule has 0 fully saturated rings. The first-order valence-corrected chi connectivity index (χ1v) is 10.4. The van der Waals surface area contributed by atoms with Crippen LogP contribution in [0.25, 0.3) is 11.4 Å². The zero-order valence-electron chi connectivity index (χ0n) is 19.1. The summed E-state index contributed by atoms with van der Waals surface area (Å²) in [5.74, 6) is 0.0490. The Hall–Kier alpha value is -4.59. The molecule has 3 aromatic rings. The average Bonchev–Trinajstić information content (AvgIpc) is 3.18. The lowest BCUT2D eigenvalue weighted by molar-refractivity contribution is -0.116. The van der Waals surface area contributed by atoms with Crippen molar-refractivity contribution >= 4 is 23.5 Å². The fourth-order valence-corrected chi connectivity index (χ4v) is 3.10. The molecule has 174 valence electrons. The highest BCUT2D eigenvalue weighted by Gasteiger charge is 2.20. The molecular weight excluding hydrogens is 436 g/mol. The predicted octanol–water partition coefficient (Wildman–Crippen LogP) is 3.69. The Labute approximate surface area is 196 Å². The first-order valence-electron chi connectivity index (χ1n) is 10.4. The lowest BCUT2D eigenvalue weighted by atomic mass is 10.1. The Bertz CT molecular complexity index is 1240. The minimum Gasteiger partial charge on any atom is -0.441 e. The second kappa shape index (κ2) is 10.8. The van der Waals surface area contributed by atoms with Crippen molar-refractivity contribution in [2.45, 2.75) is 32.8 Å². The number of ether oxygens (including phenoxy) is 1. The normalized spacial score (nSPS) is 11.2. The van der Waals surface area contributed by atoms with E-state index >= 15 is 0 Å². The largest absolute Gasteiger partial charge is 0.441 e. The van der Waals surface area contributed by atoms with Crippen molar-refractivity contribution in [3.63, 3.8) is 0 Å². The minimum atomic E-state index is -0.676. The molecule has 1 atom stereocenters. The van der Waals surface area contributed by atoms with Gasteiger partial charge in [0.05, 0.1) is 23.6 Å². The number of hydrogen-bond donors (Lipinski definition) is 2. The van der Waals surface area contributed by atoms with Gasteiger partial charge < -0.3 is 10.1 Å². The number of amides is 2. The molecule has 11 heteroatoms. The van der Waals surface area contributed by atoms with Crippen LogP contribution in [0.3, 0.4) is 0 Å². The van der Waals surface area contributed by atoms with E-state index in [1.165, 1.54) is 10.9 Å². The van der Waals surface area contributed by atoms with E-state index < -0.39 is 12.2 Å². The van der Waals surface area contributed by atoms with Crippen molar-refractivity contribution in [2.75, 3.05) is 10.6 Å². The molecule has 0 spiro atoms. The summed E-state index contributed by atoms with van der Waals surface area (Å²) in [5, 5.41) is 22.1. The predicted molar refractivity (Wildman–Crippen MR) is 124 cm³/mol. The van der Waals surface area contributed by atoms with Crippen LogP contribution < -0.4 is 10.6 Å². The molecular formula is C23H24N8O3. The van der Waals surface area contributed by atoms with E-state index in [2.05, 4.69) is 37.5 Å². The van der Waals surface area contributed by atoms with Crippen LogP contribution in [0.4, 0.5) is 16.3 Å². The number of pyridine rings is 2. The summed E-state index contributed by atoms with van der Waals surface area (Å²) in [6, 6.07) is 8.84. The highest BCUT2D eigenvalue weighted by atomic mass is 16.6. The topological polar surface area (TPSA) is 148 Å². The van der Waals surface area contributed by atoms with Gasteiger partial charge in [-0.1, -0.05) is 17.9 Å². The number of nitrogens with one attached hydrogen (secondary N) is 2. The van der Waals surface area contributed by atoms with E-state index in [0.717, 1.165) is 11.3 Å². The fraction of sp³-hybridized carbons (Fsp3) is 0.261. The molecule has 0 unspecified atom stereocenters. The molecule has 0 aromatic carbocycles. The Morgan fingerprint density at radius 3 is 2.71 bits per heavy atom. The molecule has 0 aliphatic carbocycles. The van der Waals surface area contributed by atoms with Gasteiger partial charge in [0.15, 0.2) is 11.5 Å². The van der Waals surface area contributed by atoms with Gasteiger partial charge in [-0.2, -0.15) is 5.26 Å². The standard InChI is InChI=1S/C23H24N8O3/c1-14(12-24)7-10-20(32)27-17-8-9-19(26-13-17)21-22(31(4)30-29-21)28-23(33)34-16(3)18-6-5-11-25-15(18)2/h5-6,8-9,11,13,16H,1,7,10H2,2-4H3,(H,27,32)(H,28,33)/t16-/m1/s1. The first-order chi connectivity index (χ1) is 16.3. The Morgan fingerprint density at radius 2 is 2.03 bits per heavy atom. The van der Waals surface area contributed by atoms with Gasteiger partial charge in [-0.3, -0.25) is 20.1 Å². The summed E-state index contributed by atoms with van der Waals surface area (Å²) < 4.78 is 6.89. The molecule has 2 amide bonds. The third-order valence-corrected chi connectivity index (χ3v) is 4.92. The van der Waals surface area contributed by atoms with Gasteiger partial charge in [0.25, 0.3) is 0 Å². The minimum absolute atomic E-state index is 0.144. The number of aryl methyl sites for hydroxylation is 2. The van der Waals surface area contributed by atoms with Gasteiger partial charge >= 0.3 is 6.09 Å². The maximum absolute atomic E-state index is 12.5. The highest BCUT2D eigenvalue weighted by molar-refractivity contribution is 5.91. The lowest BCUT2D eigenvalue weighted by Crippen LogP contribution is -2.19. The number of anilines is 2. The fourth-order valence-electron chi connectivity index (χ4n) is 3.10. The van der Waals surface area contributed by atoms with E-state index in [0.29, 0.717) is 28.5 Å². The molecule has 3 rings (SSSR count). The summed E-state index contributed by atoms with van der Waals surface area (Å²) in [6.07, 6.45) is 2.39. The third kappa shape index (κ3) is 6.01. The van der Waals surface area contributed by atoms with Gasteiger partial charge in [0.1, 0.15) is 6.10 Å². The van der Waals surface area contributed by atoms with E-state index in [4.69, 9.17) is 10.00 Å². The number of allylic oxidation sites excluding steroid dienone is 1. The van der Waals surface area contributed by atoms with E-state index in [-0.39, 0.29) is 18.7 Å². The number of nitriles is 1. The maximum atomic E-state index is 12.5. The van der Waals surface area contributed by atoms with Gasteiger partial charge in [0, 0.05) is 36.5 Å². The quantitative estimate of drug-likeness (QED) is 0.484. The second-order valence-electron chi connectivity index (χ2n) is 7.46. The van der Waals surface area contributed by atoms with Crippen LogP contribution >= 0.6 is 0 Å². The summed E-state index contributed by atoms with van der Waals surface area (Å²) in [5.41, 5.74) is 3.18. The van der Waals surface area contributed by atoms with Crippen LogP contribution in [0.2, 0.25) is 0 Å². The van der Waals surface area contributed by atoms with Gasteiger partial charge in [0.2, 0.25) is 5.91 Å². The van der Waals surface area contributed by atoms with Crippen LogP contribution in [-0.4, -0.2) is 37.0 Å². The zero-order valence-corrected chi connectivity index (χ0v) is 19.1. The molecule has 0 saturated heterocycles. The number of carbonyl (C=O) groups is 2. The molecule has 0 bridgehead atoms. The average molecular weight is 460 g/mol. The van der Waals surface area contributed by atoms with Crippen molar-refractivity contribution in [3.8, 4) is 17.5 Å². The Kier molecular flexibility index (Phi) is 7.66. The number of carbonyl (C=O) groups excluding carboxylic acids is 2. The first kappa shape index (κ1) is 24.1. The van der Waals surface area contributed by atoms with Crippen molar-refractivity contribution in [1.82, 2.24) is 25.0 Å². The van der Waals surface area contributed by atoms with Crippen LogP contribution in [0, 0.1) is 18.3 Å². The number of hydrogen-bond acceptors (Lipinski definition) is 8. The van der Waals surface area contributed by atoms with Gasteiger partial charge in [-0.15, -0.1) is 5.10 Å². The molecule has 11 nitrogen and oxygen atoms in total. The molecule has 3 heterocycles. The van der Waals surface area contributed by atoms with E-state index in [1.54, 1.807) is 38.4 Å². The molecule has 0 saturated carbocycles. The highest BCUT2D eigenvalue weighted by Crippen LogP contribution is 2.25. The monoisotopic (exact) mass is 460 g/mol. The van der Waals surface area contributed by atoms with Crippen LogP contribution in [-0.2, 0) is 16.6 Å². The van der Waals surface area contributed by atoms with Gasteiger partial charge in [-0.25, -0.2) is 9.48 Å². The Morgan fingerprint density at radius 1 is 1.24 bits per heavy atom. The van der Waals surface area contributed by atoms with Crippen molar-refractivity contribution in [3.05, 3.63) is 60.1 Å². The summed E-state index contributed by atoms with van der Waals surface area (Å²) in [4.78, 5) is 33.1. The molecule has 0 aliphatic rings. The number of nitrogens with zero attached hydrogens (tertiary/aromatic N) is 6. The smallest absolute Gasteiger partial charge is 0.413 e. The lowest BCUT2D eigenvalue weighted by Gasteiger charge is -2.16. The summed E-state index contributed by atoms with van der Waals surface area (Å²) >= 11 is 0. The molecule has 34 heavy (non-hydrogen) atoms. The van der Waals surface area contributed by atoms with Crippen molar-refractivity contribution in [1.29, 1.82) is 5.26 Å². The molecule has 3 aromatic heterocycles. The van der Waals surface area contributed by atoms with Crippen LogP contribution in [0.1, 0.15) is 37.1 Å². The molecule has 0 aliphatic heterocycles. The Balaban J connectivity index is 1.66. The maximum Gasteiger partial charge on any atom is 0.413 e. The third-order valence-electron chi connectivity index (χ3n) is 4.92.